The van der Waals surface area contributed by atoms with Crippen LogP contribution in [0.5, 0.6) is 11.5 Å². The number of rotatable bonds is 4. The van der Waals surface area contributed by atoms with Crippen LogP contribution in [-0.2, 0) is 0 Å². The lowest BCUT2D eigenvalue weighted by atomic mass is 10.1. The molecule has 1 N–H and O–H groups in total. The zero-order valence-corrected chi connectivity index (χ0v) is 11.9. The fourth-order valence-electron chi connectivity index (χ4n) is 1.77. The smallest absolute Gasteiger partial charge is 0.189 e. The first-order valence-corrected chi connectivity index (χ1v) is 6.44. The molecule has 0 aliphatic carbocycles. The van der Waals surface area contributed by atoms with E-state index < -0.39 is 11.6 Å². The number of phenols is 1. The number of carbonyl (C=O) groups excluding carboxylic acids is 1. The number of hydrogen-bond donors (Lipinski definition) is 1. The molecule has 0 aliphatic rings. The van der Waals surface area contributed by atoms with Crippen LogP contribution in [0.25, 0.3) is 6.08 Å². The highest BCUT2D eigenvalue weighted by Gasteiger charge is 2.10. The number of benzene rings is 2. The zero-order chi connectivity index (χ0) is 15.4. The summed E-state index contributed by atoms with van der Waals surface area (Å²) in [5.74, 6) is -0.756. The maximum Gasteiger partial charge on any atom is 0.189 e. The van der Waals surface area contributed by atoms with Crippen molar-refractivity contribution in [2.45, 2.75) is 0 Å². The van der Waals surface area contributed by atoms with E-state index in [1.807, 2.05) is 0 Å². The molecular weight excluding hydrogens is 295 g/mol. The van der Waals surface area contributed by atoms with Gasteiger partial charge in [-0.05, 0) is 36.4 Å². The summed E-state index contributed by atoms with van der Waals surface area (Å²) in [7, 11) is 1.45. The molecule has 0 heterocycles. The summed E-state index contributed by atoms with van der Waals surface area (Å²) in [6.07, 6.45) is 2.44. The van der Waals surface area contributed by atoms with E-state index >= 15 is 0 Å². The first-order valence-electron chi connectivity index (χ1n) is 6.06. The number of aromatic hydroxyl groups is 1. The summed E-state index contributed by atoms with van der Waals surface area (Å²) in [4.78, 5) is 12.0. The van der Waals surface area contributed by atoms with E-state index in [0.29, 0.717) is 5.75 Å². The average molecular weight is 307 g/mol. The van der Waals surface area contributed by atoms with Gasteiger partial charge in [-0.1, -0.05) is 17.7 Å². The first-order chi connectivity index (χ1) is 10.0. The van der Waals surface area contributed by atoms with Crippen LogP contribution >= 0.6 is 11.6 Å². The third-order valence-electron chi connectivity index (χ3n) is 2.87. The van der Waals surface area contributed by atoms with E-state index in [2.05, 4.69) is 0 Å². The maximum absolute atomic E-state index is 13.6. The van der Waals surface area contributed by atoms with Gasteiger partial charge in [0.15, 0.2) is 5.78 Å². The Bertz CT molecular complexity index is 690. The fraction of sp³-hybridized carbons (Fsp3) is 0.0625. The van der Waals surface area contributed by atoms with Gasteiger partial charge in [-0.3, -0.25) is 4.79 Å². The van der Waals surface area contributed by atoms with E-state index in [1.165, 1.54) is 43.5 Å². The molecule has 5 heteroatoms. The summed E-state index contributed by atoms with van der Waals surface area (Å²) in [5, 5.41) is 9.97. The topological polar surface area (TPSA) is 46.5 Å². The van der Waals surface area contributed by atoms with Crippen LogP contribution in [0.4, 0.5) is 4.39 Å². The Labute approximate surface area is 126 Å². The molecule has 0 fully saturated rings. The van der Waals surface area contributed by atoms with E-state index in [1.54, 1.807) is 6.07 Å². The molecule has 2 aromatic carbocycles. The first kappa shape index (κ1) is 15.1. The predicted octanol–water partition coefficient (Wildman–Crippen LogP) is 4.09. The molecule has 0 aliphatic heterocycles. The van der Waals surface area contributed by atoms with Crippen LogP contribution in [0, 0.1) is 5.82 Å². The lowest BCUT2D eigenvalue weighted by Crippen LogP contribution is -1.96. The van der Waals surface area contributed by atoms with E-state index in [9.17, 15) is 14.3 Å². The molecule has 0 aromatic heterocycles. The van der Waals surface area contributed by atoms with Crippen LogP contribution in [0.15, 0.2) is 42.5 Å². The Morgan fingerprint density at radius 3 is 2.71 bits per heavy atom. The van der Waals surface area contributed by atoms with Crippen molar-refractivity contribution in [3.05, 3.63) is 64.4 Å². The third kappa shape index (κ3) is 3.41. The van der Waals surface area contributed by atoms with Gasteiger partial charge in [0.05, 0.1) is 17.7 Å². The largest absolute Gasteiger partial charge is 0.507 e. The number of halogens is 2. The third-order valence-corrected chi connectivity index (χ3v) is 3.20. The minimum atomic E-state index is -0.523. The second-order valence-corrected chi connectivity index (χ2v) is 4.62. The Kier molecular flexibility index (Phi) is 4.60. The molecular formula is C16H12ClFO3. The van der Waals surface area contributed by atoms with Gasteiger partial charge in [0.1, 0.15) is 17.3 Å². The molecule has 2 rings (SSSR count). The predicted molar refractivity (Wildman–Crippen MR) is 79.4 cm³/mol. The van der Waals surface area contributed by atoms with Gasteiger partial charge in [0, 0.05) is 11.6 Å². The Morgan fingerprint density at radius 2 is 2.10 bits per heavy atom. The zero-order valence-electron chi connectivity index (χ0n) is 11.1. The van der Waals surface area contributed by atoms with Crippen molar-refractivity contribution in [1.29, 1.82) is 0 Å². The maximum atomic E-state index is 13.6. The minimum Gasteiger partial charge on any atom is -0.507 e. The van der Waals surface area contributed by atoms with Gasteiger partial charge in [0.25, 0.3) is 0 Å². The minimum absolute atomic E-state index is 0.0968. The van der Waals surface area contributed by atoms with Crippen molar-refractivity contribution in [3.8, 4) is 11.5 Å². The summed E-state index contributed by atoms with van der Waals surface area (Å²) >= 11 is 5.86. The molecule has 0 spiro atoms. The molecule has 0 saturated carbocycles. The van der Waals surface area contributed by atoms with Crippen LogP contribution in [0.3, 0.4) is 0 Å². The molecule has 0 saturated heterocycles. The number of ketones is 1. The van der Waals surface area contributed by atoms with E-state index in [4.69, 9.17) is 16.3 Å². The normalized spacial score (nSPS) is 10.8. The number of hydrogen-bond acceptors (Lipinski definition) is 3. The second kappa shape index (κ2) is 6.41. The lowest BCUT2D eigenvalue weighted by Gasteiger charge is -2.04. The second-order valence-electron chi connectivity index (χ2n) is 4.22. The number of phenolic OH excluding ortho intramolecular Hbond substituents is 1. The average Bonchev–Trinajstić information content (AvgIpc) is 2.46. The van der Waals surface area contributed by atoms with Crippen LogP contribution < -0.4 is 4.74 Å². The molecule has 0 bridgehead atoms. The highest BCUT2D eigenvalue weighted by molar-refractivity contribution is 6.32. The lowest BCUT2D eigenvalue weighted by molar-refractivity contribution is 0.104. The Morgan fingerprint density at radius 1 is 1.33 bits per heavy atom. The SMILES string of the molecule is COc1ccc(C(=O)/C=C/c2c(F)cccc2Cl)c(O)c1. The summed E-state index contributed by atoms with van der Waals surface area (Å²) < 4.78 is 18.5. The number of allylic oxidation sites excluding steroid dienone is 1. The van der Waals surface area contributed by atoms with Gasteiger partial charge in [-0.25, -0.2) is 4.39 Å². The molecule has 0 amide bonds. The molecule has 0 unspecified atom stereocenters. The van der Waals surface area contributed by atoms with Crippen LogP contribution in [-0.4, -0.2) is 18.0 Å². The van der Waals surface area contributed by atoms with Crippen molar-refractivity contribution >= 4 is 23.5 Å². The van der Waals surface area contributed by atoms with Crippen LogP contribution in [0.2, 0.25) is 5.02 Å². The molecule has 21 heavy (non-hydrogen) atoms. The van der Waals surface area contributed by atoms with Gasteiger partial charge in [0.2, 0.25) is 0 Å². The van der Waals surface area contributed by atoms with Gasteiger partial charge < -0.3 is 9.84 Å². The molecule has 0 atom stereocenters. The quantitative estimate of drug-likeness (QED) is 0.683. The summed E-state index contributed by atoms with van der Waals surface area (Å²) in [5.41, 5.74) is 0.222. The van der Waals surface area contributed by atoms with E-state index in [-0.39, 0.29) is 21.9 Å². The standard InChI is InChI=1S/C16H12ClFO3/c1-21-10-5-6-12(16(20)9-10)15(19)8-7-11-13(17)3-2-4-14(11)18/h2-9,20H,1H3/b8-7+. The fourth-order valence-corrected chi connectivity index (χ4v) is 1.99. The van der Waals surface area contributed by atoms with Crippen LogP contribution in [0.1, 0.15) is 15.9 Å². The van der Waals surface area contributed by atoms with E-state index in [0.717, 1.165) is 6.08 Å². The Hall–Kier alpha value is -2.33. The Balaban J connectivity index is 2.28. The number of carbonyl (C=O) groups is 1. The van der Waals surface area contributed by atoms with Gasteiger partial charge >= 0.3 is 0 Å². The highest BCUT2D eigenvalue weighted by Crippen LogP contribution is 2.25. The molecule has 0 radical (unpaired) electrons. The van der Waals surface area contributed by atoms with Gasteiger partial charge in [-0.2, -0.15) is 0 Å². The summed E-state index contributed by atoms with van der Waals surface area (Å²) in [6.45, 7) is 0. The summed E-state index contributed by atoms with van der Waals surface area (Å²) in [6, 6.07) is 8.57. The van der Waals surface area contributed by atoms with Crippen molar-refractivity contribution < 1.29 is 19.0 Å². The molecule has 3 nitrogen and oxygen atoms in total. The van der Waals surface area contributed by atoms with Gasteiger partial charge in [-0.15, -0.1) is 0 Å². The highest BCUT2D eigenvalue weighted by atomic mass is 35.5. The number of ether oxygens (including phenoxy) is 1. The monoisotopic (exact) mass is 306 g/mol. The van der Waals surface area contributed by atoms with Crippen molar-refractivity contribution in [3.63, 3.8) is 0 Å². The molecule has 2 aromatic rings. The van der Waals surface area contributed by atoms with Crippen molar-refractivity contribution in [1.82, 2.24) is 0 Å². The van der Waals surface area contributed by atoms with Crippen molar-refractivity contribution in [2.24, 2.45) is 0 Å². The number of methoxy groups -OCH3 is 1. The van der Waals surface area contributed by atoms with Crippen molar-refractivity contribution in [2.75, 3.05) is 7.11 Å². The molecule has 108 valence electrons.